The first kappa shape index (κ1) is 6.54. The van der Waals surface area contributed by atoms with Crippen LogP contribution in [0.2, 0.25) is 0 Å². The van der Waals surface area contributed by atoms with E-state index in [-0.39, 0.29) is 0 Å². The van der Waals surface area contributed by atoms with Crippen LogP contribution in [0.4, 0.5) is 0 Å². The van der Waals surface area contributed by atoms with Crippen molar-refractivity contribution in [1.82, 2.24) is 0 Å². The number of ether oxygens (including phenoxy) is 1. The summed E-state index contributed by atoms with van der Waals surface area (Å²) in [5, 5.41) is 37.0. The number of aldehydes is 1. The van der Waals surface area contributed by atoms with E-state index >= 15 is 0 Å². The van der Waals surface area contributed by atoms with Crippen molar-refractivity contribution in [3.63, 3.8) is 0 Å². The second-order valence-corrected chi connectivity index (χ2v) is 2.13. The quantitative estimate of drug-likeness (QED) is 0.363. The van der Waals surface area contributed by atoms with Crippen LogP contribution < -0.4 is 0 Å². The number of hydrogen-bond acceptors (Lipinski definition) is 6. The SMILES string of the molecule is [2H]CCO[C@@]([2H])(C([2H])=O)[C@@]([2H])(O)[C@]([2H])(O)[C@]([2H])(O)C(=O)O. The Labute approximate surface area is 94.3 Å². The normalized spacial score (nSPS) is 33.0. The third-order valence-electron chi connectivity index (χ3n) is 1.21. The monoisotopic (exact) mass is 228 g/mol. The van der Waals surface area contributed by atoms with Gasteiger partial charge in [0.1, 0.15) is 19.6 Å². The van der Waals surface area contributed by atoms with Gasteiger partial charge in [-0.3, -0.25) is 0 Å². The first-order valence-corrected chi connectivity index (χ1v) is 3.55. The highest BCUT2D eigenvalue weighted by Gasteiger charge is 2.35. The summed E-state index contributed by atoms with van der Waals surface area (Å²) in [7, 11) is 0. The number of carbonyl (C=O) groups is 2. The van der Waals surface area contributed by atoms with Crippen LogP contribution in [0.15, 0.2) is 0 Å². The Morgan fingerprint density at radius 2 is 2.20 bits per heavy atom. The van der Waals surface area contributed by atoms with Crippen molar-refractivity contribution < 1.29 is 43.0 Å². The van der Waals surface area contributed by atoms with Gasteiger partial charge in [-0.25, -0.2) is 4.79 Å². The lowest BCUT2D eigenvalue weighted by molar-refractivity contribution is -0.166. The predicted molar refractivity (Wildman–Crippen MR) is 47.1 cm³/mol. The summed E-state index contributed by atoms with van der Waals surface area (Å²) in [6.07, 6.45) is -18.7. The molecule has 0 saturated carbocycles. The summed E-state index contributed by atoms with van der Waals surface area (Å²) < 4.78 is 46.6. The zero-order valence-electron chi connectivity index (χ0n) is 13.4. The van der Waals surface area contributed by atoms with Gasteiger partial charge in [0, 0.05) is 7.98 Å². The van der Waals surface area contributed by atoms with Crippen LogP contribution in [0.1, 0.15) is 15.1 Å². The molecule has 4 N–H and O–H groups in total. The van der Waals surface area contributed by atoms with Gasteiger partial charge in [0.15, 0.2) is 12.3 Å². The van der Waals surface area contributed by atoms with Crippen LogP contribution in [-0.2, 0) is 14.3 Å². The fraction of sp³-hybridized carbons (Fsp3) is 0.750. The standard InChI is InChI=1S/C8H14O7/c1-2-15-4(3-9)5(10)6(11)7(12)8(13)14/h3-7,10-12H,2H2,1H3,(H,13,14)/t4-,5+,6-,7-/m0/s1/i1D,3D,4D,5D,6D,7D. The summed E-state index contributed by atoms with van der Waals surface area (Å²) in [5.41, 5.74) is 0. The first-order valence-electron chi connectivity index (χ1n) is 6.75. The van der Waals surface area contributed by atoms with E-state index in [1.807, 2.05) is 0 Å². The lowest BCUT2D eigenvalue weighted by Crippen LogP contribution is -2.48. The van der Waals surface area contributed by atoms with Crippen molar-refractivity contribution in [2.24, 2.45) is 0 Å². The van der Waals surface area contributed by atoms with E-state index in [0.717, 1.165) is 0 Å². The molecule has 0 spiro atoms. The molecule has 0 fully saturated rings. The van der Waals surface area contributed by atoms with E-state index in [1.54, 1.807) is 0 Å². The zero-order valence-corrected chi connectivity index (χ0v) is 7.43. The van der Waals surface area contributed by atoms with E-state index in [9.17, 15) is 24.9 Å². The molecule has 0 aliphatic heterocycles. The van der Waals surface area contributed by atoms with Gasteiger partial charge < -0.3 is 30.0 Å². The first-order chi connectivity index (χ1) is 9.20. The van der Waals surface area contributed by atoms with Crippen molar-refractivity contribution in [3.8, 4) is 0 Å². The summed E-state index contributed by atoms with van der Waals surface area (Å²) in [4.78, 5) is 21.7. The predicted octanol–water partition coefficient (Wildman–Crippen LogP) is -2.24. The highest BCUT2D eigenvalue weighted by molar-refractivity contribution is 5.73. The number of carboxylic acid groups (broad SMARTS) is 1. The minimum atomic E-state index is -4.34. The molecule has 4 atom stereocenters. The summed E-state index contributed by atoms with van der Waals surface area (Å²) in [5.74, 6) is -2.55. The molecule has 0 aliphatic carbocycles. The van der Waals surface area contributed by atoms with Crippen molar-refractivity contribution in [3.05, 3.63) is 0 Å². The third kappa shape index (κ3) is 3.92. The zero-order chi connectivity index (χ0) is 17.3. The Bertz CT molecular complexity index is 425. The lowest BCUT2D eigenvalue weighted by Gasteiger charge is -2.24. The van der Waals surface area contributed by atoms with E-state index < -0.39 is 50.1 Å². The Balaban J connectivity index is 6.00. The second kappa shape index (κ2) is 6.46. The molecular formula is C8H14O7. The molecule has 0 aromatic rings. The van der Waals surface area contributed by atoms with E-state index in [0.29, 0.717) is 0 Å². The van der Waals surface area contributed by atoms with E-state index in [1.165, 1.54) is 0 Å². The van der Waals surface area contributed by atoms with Crippen LogP contribution in [0.5, 0.6) is 0 Å². The van der Waals surface area contributed by atoms with Gasteiger partial charge in [0.25, 0.3) is 0 Å². The molecule has 0 unspecified atom stereocenters. The number of aliphatic carboxylic acids is 1. The fourth-order valence-corrected chi connectivity index (χ4v) is 0.569. The van der Waals surface area contributed by atoms with Crippen molar-refractivity contribution in [1.29, 1.82) is 0 Å². The molecule has 0 heterocycles. The van der Waals surface area contributed by atoms with Crippen LogP contribution in [0, 0.1) is 0 Å². The summed E-state index contributed by atoms with van der Waals surface area (Å²) >= 11 is 0. The Hall–Kier alpha value is -1.02. The molecule has 0 rings (SSSR count). The summed E-state index contributed by atoms with van der Waals surface area (Å²) in [6.45, 7) is -1.38. The van der Waals surface area contributed by atoms with Crippen LogP contribution in [-0.4, -0.2) is 63.6 Å². The topological polar surface area (TPSA) is 124 Å². The molecule has 15 heavy (non-hydrogen) atoms. The molecular weight excluding hydrogens is 208 g/mol. The molecule has 0 aliphatic rings. The van der Waals surface area contributed by atoms with Crippen LogP contribution in [0.3, 0.4) is 0 Å². The molecule has 0 aromatic heterocycles. The Morgan fingerprint density at radius 3 is 2.60 bits per heavy atom. The number of hydrogen-bond donors (Lipinski definition) is 4. The van der Waals surface area contributed by atoms with Crippen LogP contribution in [0.25, 0.3) is 0 Å². The molecule has 0 aromatic carbocycles. The number of carboxylic acids is 1. The van der Waals surface area contributed by atoms with Crippen LogP contribution >= 0.6 is 0 Å². The maximum atomic E-state index is 11.1. The Kier molecular flexibility index (Phi) is 2.82. The van der Waals surface area contributed by atoms with Crippen molar-refractivity contribution >= 4 is 12.2 Å². The van der Waals surface area contributed by atoms with Gasteiger partial charge in [-0.2, -0.15) is 0 Å². The fourth-order valence-electron chi connectivity index (χ4n) is 0.569. The molecule has 88 valence electrons. The smallest absolute Gasteiger partial charge is 0.335 e. The number of aliphatic hydroxyl groups is 3. The minimum Gasteiger partial charge on any atom is -0.479 e. The van der Waals surface area contributed by atoms with Gasteiger partial charge in [-0.15, -0.1) is 0 Å². The van der Waals surface area contributed by atoms with Gasteiger partial charge in [-0.1, -0.05) is 0 Å². The number of rotatable bonds is 7. The maximum absolute atomic E-state index is 11.1. The average molecular weight is 228 g/mol. The largest absolute Gasteiger partial charge is 0.479 e. The lowest BCUT2D eigenvalue weighted by atomic mass is 10.0. The molecule has 0 amide bonds. The number of carbonyl (C=O) groups excluding carboxylic acids is 1. The van der Waals surface area contributed by atoms with Gasteiger partial charge in [-0.05, 0) is 6.90 Å². The molecule has 0 saturated heterocycles. The molecule has 7 heteroatoms. The summed E-state index contributed by atoms with van der Waals surface area (Å²) in [6, 6.07) is 0. The highest BCUT2D eigenvalue weighted by atomic mass is 16.5. The molecule has 7 nitrogen and oxygen atoms in total. The highest BCUT2D eigenvalue weighted by Crippen LogP contribution is 2.07. The average Bonchev–Trinajstić information content (AvgIpc) is 2.34. The van der Waals surface area contributed by atoms with E-state index in [4.69, 9.17) is 13.3 Å². The Morgan fingerprint density at radius 1 is 1.60 bits per heavy atom. The molecule has 0 bridgehead atoms. The molecule has 0 radical (unpaired) electrons. The third-order valence-corrected chi connectivity index (χ3v) is 1.21. The van der Waals surface area contributed by atoms with Crippen molar-refractivity contribution in [2.45, 2.75) is 31.2 Å². The van der Waals surface area contributed by atoms with Gasteiger partial charge in [0.05, 0.1) is 5.48 Å². The second-order valence-electron chi connectivity index (χ2n) is 2.13. The van der Waals surface area contributed by atoms with Crippen molar-refractivity contribution in [2.75, 3.05) is 6.61 Å². The maximum Gasteiger partial charge on any atom is 0.335 e. The minimum absolute atomic E-state index is 0.593. The van der Waals surface area contributed by atoms with E-state index in [2.05, 4.69) is 4.74 Å². The van der Waals surface area contributed by atoms with Gasteiger partial charge in [0.2, 0.25) is 0 Å². The van der Waals surface area contributed by atoms with Gasteiger partial charge >= 0.3 is 5.97 Å².